The minimum Gasteiger partial charge on any atom is -0.203 e. The molecule has 0 nitrogen and oxygen atoms in total. The summed E-state index contributed by atoms with van der Waals surface area (Å²) in [6, 6.07) is 4.96. The van der Waals surface area contributed by atoms with Gasteiger partial charge < -0.3 is 0 Å². The van der Waals surface area contributed by atoms with E-state index in [1.54, 1.807) is 32.0 Å². The molecular weight excluding hydrogens is 311 g/mol. The Morgan fingerprint density at radius 3 is 1.81 bits per heavy atom. The van der Waals surface area contributed by atoms with Gasteiger partial charge in [-0.05, 0) is 25.0 Å². The van der Waals surface area contributed by atoms with E-state index in [-0.39, 0.29) is 0 Å². The van der Waals surface area contributed by atoms with Crippen molar-refractivity contribution in [3.05, 3.63) is 69.5 Å². The first kappa shape index (κ1) is 15.8. The summed E-state index contributed by atoms with van der Waals surface area (Å²) in [6.45, 7) is 3.36. The lowest BCUT2D eigenvalue weighted by molar-refractivity contribution is 0.370. The van der Waals surface area contributed by atoms with Crippen LogP contribution in [0.5, 0.6) is 0 Å². The molecule has 0 aliphatic carbocycles. The average molecular weight is 321 g/mol. The zero-order valence-electron chi connectivity index (χ0n) is 11.1. The fourth-order valence-corrected chi connectivity index (χ4v) is 2.46. The highest BCUT2D eigenvalue weighted by Crippen LogP contribution is 2.37. The van der Waals surface area contributed by atoms with Crippen molar-refractivity contribution in [2.45, 2.75) is 19.2 Å². The number of hydrogen-bond acceptors (Lipinski definition) is 0. The van der Waals surface area contributed by atoms with E-state index in [9.17, 15) is 22.0 Å². The molecule has 0 aromatic heterocycles. The van der Waals surface area contributed by atoms with Gasteiger partial charge in [-0.1, -0.05) is 23.8 Å². The van der Waals surface area contributed by atoms with Crippen LogP contribution in [0.25, 0.3) is 0 Å². The molecule has 6 heteroatoms. The van der Waals surface area contributed by atoms with Crippen molar-refractivity contribution < 1.29 is 22.0 Å². The van der Waals surface area contributed by atoms with Gasteiger partial charge in [-0.15, -0.1) is 11.6 Å². The Bertz CT molecular complexity index is 683. The molecule has 1 atom stereocenters. The van der Waals surface area contributed by atoms with Gasteiger partial charge in [0.25, 0.3) is 0 Å². The third kappa shape index (κ3) is 2.62. The zero-order valence-corrected chi connectivity index (χ0v) is 11.8. The Morgan fingerprint density at radius 1 is 0.810 bits per heavy atom. The molecule has 0 aliphatic heterocycles. The second-order valence-electron chi connectivity index (χ2n) is 4.71. The Balaban J connectivity index is 2.69. The minimum atomic E-state index is -2.20. The molecule has 2 aromatic rings. The van der Waals surface area contributed by atoms with Crippen molar-refractivity contribution in [1.29, 1.82) is 0 Å². The van der Waals surface area contributed by atoms with Crippen molar-refractivity contribution in [2.75, 3.05) is 0 Å². The van der Waals surface area contributed by atoms with E-state index in [4.69, 9.17) is 11.6 Å². The van der Waals surface area contributed by atoms with Gasteiger partial charge in [0.05, 0.1) is 10.9 Å². The van der Waals surface area contributed by atoms with Crippen LogP contribution in [0.15, 0.2) is 18.2 Å². The summed E-state index contributed by atoms with van der Waals surface area (Å²) in [5.41, 5.74) is 0.594. The maximum Gasteiger partial charge on any atom is 0.200 e. The van der Waals surface area contributed by atoms with Gasteiger partial charge in [-0.3, -0.25) is 0 Å². The van der Waals surface area contributed by atoms with Gasteiger partial charge >= 0.3 is 0 Å². The van der Waals surface area contributed by atoms with Gasteiger partial charge in [-0.2, -0.15) is 0 Å². The van der Waals surface area contributed by atoms with E-state index in [1.807, 2.05) is 0 Å². The lowest BCUT2D eigenvalue weighted by atomic mass is 9.97. The minimum absolute atomic E-state index is 0.292. The van der Waals surface area contributed by atoms with Crippen molar-refractivity contribution in [2.24, 2.45) is 0 Å². The molecule has 0 N–H and O–H groups in total. The largest absolute Gasteiger partial charge is 0.203 e. The van der Waals surface area contributed by atoms with Gasteiger partial charge in [-0.25, -0.2) is 22.0 Å². The van der Waals surface area contributed by atoms with Gasteiger partial charge in [0.1, 0.15) is 0 Å². The molecule has 0 amide bonds. The maximum atomic E-state index is 13.8. The molecule has 0 heterocycles. The second-order valence-corrected chi connectivity index (χ2v) is 5.14. The van der Waals surface area contributed by atoms with Gasteiger partial charge in [0.15, 0.2) is 23.3 Å². The monoisotopic (exact) mass is 320 g/mol. The highest BCUT2D eigenvalue weighted by atomic mass is 35.5. The normalized spacial score (nSPS) is 12.6. The van der Waals surface area contributed by atoms with Gasteiger partial charge in [0, 0.05) is 0 Å². The van der Waals surface area contributed by atoms with Crippen molar-refractivity contribution in [3.8, 4) is 0 Å². The van der Waals surface area contributed by atoms with Crippen molar-refractivity contribution in [3.63, 3.8) is 0 Å². The molecule has 0 fully saturated rings. The highest BCUT2D eigenvalue weighted by Gasteiger charge is 2.30. The molecular formula is C15H10ClF5. The molecule has 0 saturated heterocycles. The first-order valence-electron chi connectivity index (χ1n) is 5.98. The molecule has 21 heavy (non-hydrogen) atoms. The SMILES string of the molecule is Cc1ccc(C)c(C(Cl)c2c(F)c(F)c(F)c(F)c2F)c1. The van der Waals surface area contributed by atoms with Crippen LogP contribution in [0, 0.1) is 42.9 Å². The van der Waals surface area contributed by atoms with E-state index < -0.39 is 40.0 Å². The summed E-state index contributed by atoms with van der Waals surface area (Å²) in [5, 5.41) is -1.48. The average Bonchev–Trinajstić information content (AvgIpc) is 2.45. The van der Waals surface area contributed by atoms with Crippen LogP contribution in [-0.4, -0.2) is 0 Å². The molecule has 2 rings (SSSR count). The summed E-state index contributed by atoms with van der Waals surface area (Å²) < 4.78 is 67.0. The number of aryl methyl sites for hydroxylation is 2. The standard InChI is InChI=1S/C15H10ClF5/c1-6-3-4-7(2)8(5-6)10(16)9-11(17)13(19)15(21)14(20)12(9)18/h3-5,10H,1-2H3. The summed E-state index contributed by atoms with van der Waals surface area (Å²) >= 11 is 5.98. The summed E-state index contributed by atoms with van der Waals surface area (Å²) in [7, 11) is 0. The van der Waals surface area contributed by atoms with Crippen LogP contribution in [0.3, 0.4) is 0 Å². The second kappa shape index (κ2) is 5.64. The van der Waals surface area contributed by atoms with E-state index in [0.717, 1.165) is 5.56 Å². The predicted octanol–water partition coefficient (Wildman–Crippen LogP) is 5.33. The van der Waals surface area contributed by atoms with Crippen LogP contribution in [0.1, 0.15) is 27.6 Å². The quantitative estimate of drug-likeness (QED) is 0.304. The van der Waals surface area contributed by atoms with Crippen LogP contribution in [-0.2, 0) is 0 Å². The molecule has 112 valence electrons. The number of halogens is 6. The Morgan fingerprint density at radius 2 is 1.29 bits per heavy atom. The third-order valence-electron chi connectivity index (χ3n) is 3.20. The zero-order chi connectivity index (χ0) is 15.9. The van der Waals surface area contributed by atoms with E-state index in [0.29, 0.717) is 11.1 Å². The summed E-state index contributed by atoms with van der Waals surface area (Å²) in [6.07, 6.45) is 0. The predicted molar refractivity (Wildman–Crippen MR) is 69.8 cm³/mol. The van der Waals surface area contributed by atoms with Gasteiger partial charge in [0.2, 0.25) is 5.82 Å². The smallest absolute Gasteiger partial charge is 0.200 e. The highest BCUT2D eigenvalue weighted by molar-refractivity contribution is 6.22. The first-order chi connectivity index (χ1) is 9.75. The lowest BCUT2D eigenvalue weighted by Gasteiger charge is -2.16. The third-order valence-corrected chi connectivity index (χ3v) is 3.66. The molecule has 2 aromatic carbocycles. The van der Waals surface area contributed by atoms with Crippen LogP contribution in [0.2, 0.25) is 0 Å². The lowest BCUT2D eigenvalue weighted by Crippen LogP contribution is -2.10. The van der Waals surface area contributed by atoms with Crippen LogP contribution < -0.4 is 0 Å². The van der Waals surface area contributed by atoms with E-state index in [1.165, 1.54) is 0 Å². The fraction of sp³-hybridized carbons (Fsp3) is 0.200. The van der Waals surface area contributed by atoms with Crippen molar-refractivity contribution >= 4 is 11.6 Å². The van der Waals surface area contributed by atoms with E-state index in [2.05, 4.69) is 0 Å². The number of rotatable bonds is 2. The van der Waals surface area contributed by atoms with E-state index >= 15 is 0 Å². The number of hydrogen-bond donors (Lipinski definition) is 0. The summed E-state index contributed by atoms with van der Waals surface area (Å²) in [4.78, 5) is 0. The molecule has 0 bridgehead atoms. The molecule has 0 saturated carbocycles. The topological polar surface area (TPSA) is 0 Å². The molecule has 1 unspecified atom stereocenters. The Labute approximate surface area is 123 Å². The fourth-order valence-electron chi connectivity index (χ4n) is 2.03. The molecule has 0 aliphatic rings. The molecule has 0 radical (unpaired) electrons. The summed E-state index contributed by atoms with van der Waals surface area (Å²) in [5.74, 6) is -10.0. The Hall–Kier alpha value is -1.62. The Kier molecular flexibility index (Phi) is 4.23. The van der Waals surface area contributed by atoms with Crippen LogP contribution >= 0.6 is 11.6 Å². The number of benzene rings is 2. The maximum absolute atomic E-state index is 13.8. The molecule has 0 spiro atoms. The number of alkyl halides is 1. The van der Waals surface area contributed by atoms with Crippen molar-refractivity contribution in [1.82, 2.24) is 0 Å². The van der Waals surface area contributed by atoms with Crippen LogP contribution in [0.4, 0.5) is 22.0 Å². The first-order valence-corrected chi connectivity index (χ1v) is 6.41.